The fourth-order valence-electron chi connectivity index (χ4n) is 2.89. The first-order valence-electron chi connectivity index (χ1n) is 7.27. The lowest BCUT2D eigenvalue weighted by atomic mass is 9.77. The second-order valence-electron chi connectivity index (χ2n) is 6.72. The van der Waals surface area contributed by atoms with Gasteiger partial charge in [0.1, 0.15) is 0 Å². The lowest BCUT2D eigenvalue weighted by molar-refractivity contribution is -0.128. The van der Waals surface area contributed by atoms with Crippen LogP contribution in [-0.4, -0.2) is 24.2 Å². The first-order chi connectivity index (χ1) is 8.38. The normalized spacial score (nSPS) is 19.2. The van der Waals surface area contributed by atoms with Crippen molar-refractivity contribution in [3.05, 3.63) is 0 Å². The average Bonchev–Trinajstić information content (AvgIpc) is 2.81. The van der Waals surface area contributed by atoms with Crippen molar-refractivity contribution in [1.29, 1.82) is 0 Å². The van der Waals surface area contributed by atoms with Gasteiger partial charge in [-0.3, -0.25) is 4.79 Å². The summed E-state index contributed by atoms with van der Waals surface area (Å²) in [5, 5.41) is 12.3. The highest BCUT2D eigenvalue weighted by Crippen LogP contribution is 2.39. The fraction of sp³-hybridized carbons (Fsp3) is 0.933. The molecule has 106 valence electrons. The number of aliphatic hydroxyl groups is 1. The summed E-state index contributed by atoms with van der Waals surface area (Å²) in [5.41, 5.74) is 0.170. The molecule has 1 amide bonds. The second-order valence-corrected chi connectivity index (χ2v) is 6.72. The molecule has 1 aliphatic carbocycles. The molecule has 1 fully saturated rings. The number of carbonyl (C=O) groups excluding carboxylic acids is 1. The molecular weight excluding hydrogens is 226 g/mol. The zero-order valence-electron chi connectivity index (χ0n) is 12.3. The van der Waals surface area contributed by atoms with Crippen molar-refractivity contribution in [3.8, 4) is 0 Å². The van der Waals surface area contributed by atoms with E-state index >= 15 is 0 Å². The van der Waals surface area contributed by atoms with Crippen LogP contribution in [0.25, 0.3) is 0 Å². The van der Waals surface area contributed by atoms with Crippen molar-refractivity contribution in [3.63, 3.8) is 0 Å². The van der Waals surface area contributed by atoms with E-state index in [4.69, 9.17) is 0 Å². The molecule has 0 aromatic heterocycles. The third-order valence-corrected chi connectivity index (χ3v) is 4.52. The summed E-state index contributed by atoms with van der Waals surface area (Å²) in [6, 6.07) is 0. The number of rotatable bonds is 6. The molecule has 1 saturated carbocycles. The predicted octanol–water partition coefficient (Wildman–Crippen LogP) is 2.58. The van der Waals surface area contributed by atoms with Gasteiger partial charge in [0.2, 0.25) is 5.91 Å². The number of carbonyl (C=O) groups is 1. The maximum Gasteiger partial charge on any atom is 0.225 e. The summed E-state index contributed by atoms with van der Waals surface area (Å²) in [4.78, 5) is 12.0. The highest BCUT2D eigenvalue weighted by molar-refractivity contribution is 5.79. The summed E-state index contributed by atoms with van der Waals surface area (Å²) in [7, 11) is 0. The molecule has 0 aromatic carbocycles. The van der Waals surface area contributed by atoms with E-state index in [0.29, 0.717) is 0 Å². The lowest BCUT2D eigenvalue weighted by Gasteiger charge is -2.32. The molecule has 0 radical (unpaired) electrons. The van der Waals surface area contributed by atoms with Gasteiger partial charge < -0.3 is 10.4 Å². The van der Waals surface area contributed by atoms with Crippen LogP contribution < -0.4 is 5.32 Å². The number of hydrogen-bond donors (Lipinski definition) is 2. The molecule has 1 rings (SSSR count). The first kappa shape index (κ1) is 15.5. The van der Waals surface area contributed by atoms with E-state index in [9.17, 15) is 9.90 Å². The maximum atomic E-state index is 12.0. The quantitative estimate of drug-likeness (QED) is 0.766. The maximum absolute atomic E-state index is 12.0. The number of hydrogen-bond acceptors (Lipinski definition) is 2. The topological polar surface area (TPSA) is 49.3 Å². The summed E-state index contributed by atoms with van der Waals surface area (Å²) in [6.07, 6.45) is 5.23. The van der Waals surface area contributed by atoms with Crippen molar-refractivity contribution < 1.29 is 9.90 Å². The Bertz CT molecular complexity index is 268. The predicted molar refractivity (Wildman–Crippen MR) is 74.2 cm³/mol. The summed E-state index contributed by atoms with van der Waals surface area (Å²) >= 11 is 0. The molecule has 3 heteroatoms. The van der Waals surface area contributed by atoms with Gasteiger partial charge in [0.25, 0.3) is 0 Å². The van der Waals surface area contributed by atoms with Crippen LogP contribution in [0, 0.1) is 23.2 Å². The van der Waals surface area contributed by atoms with Crippen LogP contribution >= 0.6 is 0 Å². The molecule has 3 nitrogen and oxygen atoms in total. The van der Waals surface area contributed by atoms with Gasteiger partial charge in [0.15, 0.2) is 0 Å². The highest BCUT2D eigenvalue weighted by Gasteiger charge is 2.32. The van der Waals surface area contributed by atoms with Gasteiger partial charge in [0.05, 0.1) is 12.5 Å². The summed E-state index contributed by atoms with van der Waals surface area (Å²) in [6.45, 7) is 9.09. The zero-order chi connectivity index (χ0) is 13.8. The monoisotopic (exact) mass is 255 g/mol. The standard InChI is InChI=1S/C15H29NO2/c1-11(2)13(9-17)14(18)16-10-15(3,4)12-7-5-6-8-12/h11-13,17H,5-10H2,1-4H3,(H,16,18). The molecule has 0 heterocycles. The van der Waals surface area contributed by atoms with Crippen LogP contribution in [0.2, 0.25) is 0 Å². The van der Waals surface area contributed by atoms with Gasteiger partial charge in [-0.2, -0.15) is 0 Å². The van der Waals surface area contributed by atoms with Crippen LogP contribution in [0.15, 0.2) is 0 Å². The Balaban J connectivity index is 2.45. The fourth-order valence-corrected chi connectivity index (χ4v) is 2.89. The molecule has 0 aliphatic heterocycles. The van der Waals surface area contributed by atoms with Crippen molar-refractivity contribution in [2.24, 2.45) is 23.2 Å². The van der Waals surface area contributed by atoms with Gasteiger partial charge >= 0.3 is 0 Å². The number of nitrogens with one attached hydrogen (secondary N) is 1. The van der Waals surface area contributed by atoms with E-state index in [2.05, 4.69) is 19.2 Å². The van der Waals surface area contributed by atoms with Gasteiger partial charge in [0, 0.05) is 6.54 Å². The van der Waals surface area contributed by atoms with Crippen molar-refractivity contribution >= 4 is 5.91 Å². The van der Waals surface area contributed by atoms with Crippen LogP contribution in [0.3, 0.4) is 0 Å². The van der Waals surface area contributed by atoms with E-state index in [-0.39, 0.29) is 29.8 Å². The molecule has 0 aromatic rings. The molecule has 1 atom stereocenters. The van der Waals surface area contributed by atoms with Gasteiger partial charge in [-0.1, -0.05) is 40.5 Å². The summed E-state index contributed by atoms with van der Waals surface area (Å²) in [5.74, 6) is 0.636. The molecule has 0 spiro atoms. The Hall–Kier alpha value is -0.570. The Morgan fingerprint density at radius 2 is 1.89 bits per heavy atom. The molecule has 1 aliphatic rings. The van der Waals surface area contributed by atoms with Crippen molar-refractivity contribution in [2.45, 2.75) is 53.4 Å². The Labute approximate surface area is 111 Å². The van der Waals surface area contributed by atoms with Crippen LogP contribution in [0.4, 0.5) is 0 Å². The SMILES string of the molecule is CC(C)C(CO)C(=O)NCC(C)(C)C1CCCC1. The minimum Gasteiger partial charge on any atom is -0.396 e. The number of aliphatic hydroxyl groups excluding tert-OH is 1. The zero-order valence-corrected chi connectivity index (χ0v) is 12.3. The second kappa shape index (κ2) is 6.55. The Morgan fingerprint density at radius 1 is 1.33 bits per heavy atom. The van der Waals surface area contributed by atoms with E-state index in [1.54, 1.807) is 0 Å². The van der Waals surface area contributed by atoms with Gasteiger partial charge in [-0.25, -0.2) is 0 Å². The molecule has 2 N–H and O–H groups in total. The molecule has 1 unspecified atom stereocenters. The van der Waals surface area contributed by atoms with Gasteiger partial charge in [-0.15, -0.1) is 0 Å². The van der Waals surface area contributed by atoms with Crippen molar-refractivity contribution in [2.75, 3.05) is 13.2 Å². The van der Waals surface area contributed by atoms with Crippen molar-refractivity contribution in [1.82, 2.24) is 5.32 Å². The van der Waals surface area contributed by atoms with E-state index in [1.807, 2.05) is 13.8 Å². The highest BCUT2D eigenvalue weighted by atomic mass is 16.3. The third-order valence-electron chi connectivity index (χ3n) is 4.52. The first-order valence-corrected chi connectivity index (χ1v) is 7.27. The van der Waals surface area contributed by atoms with Crippen LogP contribution in [0.5, 0.6) is 0 Å². The molecular formula is C15H29NO2. The van der Waals surface area contributed by atoms with Crippen LogP contribution in [0.1, 0.15) is 53.4 Å². The van der Waals surface area contributed by atoms with E-state index in [1.165, 1.54) is 25.7 Å². The molecule has 0 bridgehead atoms. The smallest absolute Gasteiger partial charge is 0.225 e. The number of amides is 1. The summed E-state index contributed by atoms with van der Waals surface area (Å²) < 4.78 is 0. The van der Waals surface area contributed by atoms with Crippen LogP contribution in [-0.2, 0) is 4.79 Å². The van der Waals surface area contributed by atoms with E-state index < -0.39 is 0 Å². The Kier molecular flexibility index (Phi) is 5.64. The largest absolute Gasteiger partial charge is 0.396 e. The minimum atomic E-state index is -0.274. The van der Waals surface area contributed by atoms with E-state index in [0.717, 1.165) is 12.5 Å². The minimum absolute atomic E-state index is 0.00132. The molecule has 18 heavy (non-hydrogen) atoms. The third kappa shape index (κ3) is 3.98. The lowest BCUT2D eigenvalue weighted by Crippen LogP contribution is -2.42. The molecule has 0 saturated heterocycles. The average molecular weight is 255 g/mol. The van der Waals surface area contributed by atoms with Gasteiger partial charge in [-0.05, 0) is 30.1 Å². The Morgan fingerprint density at radius 3 is 2.33 bits per heavy atom.